The molecule has 0 aliphatic heterocycles. The van der Waals surface area contributed by atoms with E-state index in [2.05, 4.69) is 10.1 Å². The number of amides is 1. The van der Waals surface area contributed by atoms with Gasteiger partial charge in [0.1, 0.15) is 12.6 Å². The molecule has 0 aromatic carbocycles. The van der Waals surface area contributed by atoms with E-state index in [0.717, 1.165) is 6.92 Å². The lowest BCUT2D eigenvalue weighted by Crippen LogP contribution is -2.45. The van der Waals surface area contributed by atoms with Crippen molar-refractivity contribution in [2.24, 2.45) is 5.73 Å². The zero-order valence-corrected chi connectivity index (χ0v) is 8.67. The predicted molar refractivity (Wildman–Crippen MR) is 51.3 cm³/mol. The number of aliphatic carboxylic acids is 1. The van der Waals surface area contributed by atoms with E-state index >= 15 is 0 Å². The standard InChI is InChI=1S/C8H14N2O6/c1-4(12)10-6(7(13)14)3-16-8(15)5(9)2-11/h5-6,11H,2-3,9H2,1H3,(H,10,12)(H,13,14)/t5-,6-/m0/s1. The third-order valence-electron chi connectivity index (χ3n) is 1.57. The topological polar surface area (TPSA) is 139 Å². The van der Waals surface area contributed by atoms with Crippen LogP contribution >= 0.6 is 0 Å². The molecule has 0 saturated heterocycles. The van der Waals surface area contributed by atoms with Crippen molar-refractivity contribution in [3.8, 4) is 0 Å². The van der Waals surface area contributed by atoms with Crippen LogP contribution in [0.15, 0.2) is 0 Å². The van der Waals surface area contributed by atoms with Crippen LogP contribution in [0, 0.1) is 0 Å². The van der Waals surface area contributed by atoms with E-state index in [9.17, 15) is 14.4 Å². The molecule has 0 bridgehead atoms. The summed E-state index contributed by atoms with van der Waals surface area (Å²) in [4.78, 5) is 32.2. The van der Waals surface area contributed by atoms with E-state index in [1.807, 2.05) is 0 Å². The largest absolute Gasteiger partial charge is 0.480 e. The van der Waals surface area contributed by atoms with Crippen LogP contribution in [-0.4, -0.2) is 53.4 Å². The van der Waals surface area contributed by atoms with Crippen molar-refractivity contribution in [1.29, 1.82) is 0 Å². The molecule has 0 heterocycles. The number of esters is 1. The fourth-order valence-electron chi connectivity index (χ4n) is 0.767. The number of carbonyl (C=O) groups excluding carboxylic acids is 2. The Labute approximate surface area is 91.4 Å². The Kier molecular flexibility index (Phi) is 6.04. The van der Waals surface area contributed by atoms with Gasteiger partial charge in [0.05, 0.1) is 6.61 Å². The Morgan fingerprint density at radius 1 is 1.44 bits per heavy atom. The van der Waals surface area contributed by atoms with Crippen molar-refractivity contribution >= 4 is 17.8 Å². The Morgan fingerprint density at radius 3 is 2.38 bits per heavy atom. The number of rotatable bonds is 6. The number of aliphatic hydroxyl groups is 1. The summed E-state index contributed by atoms with van der Waals surface area (Å²) >= 11 is 0. The summed E-state index contributed by atoms with van der Waals surface area (Å²) < 4.78 is 4.50. The molecule has 16 heavy (non-hydrogen) atoms. The molecule has 0 saturated carbocycles. The smallest absolute Gasteiger partial charge is 0.329 e. The van der Waals surface area contributed by atoms with Crippen LogP contribution in [0.1, 0.15) is 6.92 Å². The van der Waals surface area contributed by atoms with Crippen molar-refractivity contribution in [3.63, 3.8) is 0 Å². The molecule has 0 aliphatic rings. The summed E-state index contributed by atoms with van der Waals surface area (Å²) in [5.41, 5.74) is 5.12. The first kappa shape index (κ1) is 14.3. The molecule has 0 unspecified atom stereocenters. The number of hydrogen-bond donors (Lipinski definition) is 4. The van der Waals surface area contributed by atoms with Crippen LogP contribution in [0.2, 0.25) is 0 Å². The summed E-state index contributed by atoms with van der Waals surface area (Å²) in [6.45, 7) is -0.00459. The Morgan fingerprint density at radius 2 is 2.00 bits per heavy atom. The first-order valence-corrected chi connectivity index (χ1v) is 4.41. The SMILES string of the molecule is CC(=O)N[C@@H](COC(=O)[C@@H](N)CO)C(=O)O. The van der Waals surface area contributed by atoms with Crippen LogP contribution in [0.4, 0.5) is 0 Å². The van der Waals surface area contributed by atoms with Gasteiger partial charge in [0.25, 0.3) is 0 Å². The highest BCUT2D eigenvalue weighted by Crippen LogP contribution is 1.91. The molecular weight excluding hydrogens is 220 g/mol. The summed E-state index contributed by atoms with van der Waals surface area (Å²) in [6, 6.07) is -2.54. The highest BCUT2D eigenvalue weighted by atomic mass is 16.5. The number of carboxylic acids is 1. The van der Waals surface area contributed by atoms with Crippen molar-refractivity contribution in [2.45, 2.75) is 19.0 Å². The van der Waals surface area contributed by atoms with E-state index in [0.29, 0.717) is 0 Å². The van der Waals surface area contributed by atoms with Crippen molar-refractivity contribution in [2.75, 3.05) is 13.2 Å². The van der Waals surface area contributed by atoms with E-state index in [-0.39, 0.29) is 0 Å². The molecule has 0 fully saturated rings. The molecule has 0 radical (unpaired) electrons. The molecule has 0 aliphatic carbocycles. The van der Waals surface area contributed by atoms with Gasteiger partial charge in [-0.05, 0) is 0 Å². The molecule has 92 valence electrons. The highest BCUT2D eigenvalue weighted by Gasteiger charge is 2.22. The predicted octanol–water partition coefficient (Wildman–Crippen LogP) is -2.56. The lowest BCUT2D eigenvalue weighted by molar-refractivity contribution is -0.151. The van der Waals surface area contributed by atoms with Crippen molar-refractivity contribution < 1.29 is 29.3 Å². The molecule has 1 amide bonds. The maximum Gasteiger partial charge on any atom is 0.329 e. The molecule has 5 N–H and O–H groups in total. The van der Waals surface area contributed by atoms with Crippen LogP contribution in [-0.2, 0) is 19.1 Å². The molecular formula is C8H14N2O6. The maximum atomic E-state index is 11.0. The number of nitrogens with two attached hydrogens (primary N) is 1. The van der Waals surface area contributed by atoms with Gasteiger partial charge in [-0.25, -0.2) is 4.79 Å². The lowest BCUT2D eigenvalue weighted by Gasteiger charge is -2.14. The van der Waals surface area contributed by atoms with Gasteiger partial charge in [-0.3, -0.25) is 9.59 Å². The first-order valence-electron chi connectivity index (χ1n) is 4.41. The fraction of sp³-hybridized carbons (Fsp3) is 0.625. The fourth-order valence-corrected chi connectivity index (χ4v) is 0.767. The van der Waals surface area contributed by atoms with Gasteiger partial charge in [-0.1, -0.05) is 0 Å². The minimum Gasteiger partial charge on any atom is -0.480 e. The van der Waals surface area contributed by atoms with Gasteiger partial charge in [0, 0.05) is 6.92 Å². The van der Waals surface area contributed by atoms with E-state index in [1.165, 1.54) is 0 Å². The number of ether oxygens (including phenoxy) is 1. The van der Waals surface area contributed by atoms with Gasteiger partial charge in [-0.15, -0.1) is 0 Å². The number of hydrogen-bond acceptors (Lipinski definition) is 6. The minimum absolute atomic E-state index is 0.540. The number of nitrogens with one attached hydrogen (secondary N) is 1. The normalized spacial score (nSPS) is 13.7. The summed E-state index contributed by atoms with van der Waals surface area (Å²) in [5.74, 6) is -2.82. The quantitative estimate of drug-likeness (QED) is 0.370. The molecule has 0 rings (SSSR count). The molecule has 0 spiro atoms. The molecule has 8 heteroatoms. The Balaban J connectivity index is 4.17. The monoisotopic (exact) mass is 234 g/mol. The van der Waals surface area contributed by atoms with Gasteiger partial charge in [0.15, 0.2) is 6.04 Å². The average molecular weight is 234 g/mol. The molecule has 0 aromatic rings. The van der Waals surface area contributed by atoms with Gasteiger partial charge < -0.3 is 26.0 Å². The molecule has 0 aromatic heterocycles. The van der Waals surface area contributed by atoms with Crippen molar-refractivity contribution in [3.05, 3.63) is 0 Å². The van der Waals surface area contributed by atoms with Crippen LogP contribution in [0.3, 0.4) is 0 Å². The number of carbonyl (C=O) groups is 3. The van der Waals surface area contributed by atoms with Crippen LogP contribution in [0.5, 0.6) is 0 Å². The summed E-state index contributed by atoms with van der Waals surface area (Å²) in [7, 11) is 0. The summed E-state index contributed by atoms with van der Waals surface area (Å²) in [5, 5.41) is 19.2. The van der Waals surface area contributed by atoms with Gasteiger partial charge in [-0.2, -0.15) is 0 Å². The van der Waals surface area contributed by atoms with E-state index < -0.39 is 43.1 Å². The first-order chi connectivity index (χ1) is 7.38. The maximum absolute atomic E-state index is 11.0. The van der Waals surface area contributed by atoms with Gasteiger partial charge >= 0.3 is 11.9 Å². The average Bonchev–Trinajstić information content (AvgIpc) is 2.21. The second kappa shape index (κ2) is 6.75. The van der Waals surface area contributed by atoms with Crippen LogP contribution < -0.4 is 11.1 Å². The van der Waals surface area contributed by atoms with Gasteiger partial charge in [0.2, 0.25) is 5.91 Å². The van der Waals surface area contributed by atoms with E-state index in [4.69, 9.17) is 15.9 Å². The third-order valence-corrected chi connectivity index (χ3v) is 1.57. The number of aliphatic hydroxyl groups excluding tert-OH is 1. The number of carboxylic acid groups (broad SMARTS) is 1. The van der Waals surface area contributed by atoms with Crippen molar-refractivity contribution in [1.82, 2.24) is 5.32 Å². The second-order valence-electron chi connectivity index (χ2n) is 3.01. The molecule has 8 nitrogen and oxygen atoms in total. The Hall–Kier alpha value is -1.67. The zero-order valence-electron chi connectivity index (χ0n) is 8.67. The minimum atomic E-state index is -1.33. The third kappa shape index (κ3) is 5.27. The lowest BCUT2D eigenvalue weighted by atomic mass is 10.3. The zero-order chi connectivity index (χ0) is 12.7. The highest BCUT2D eigenvalue weighted by molar-refractivity contribution is 5.82. The Bertz CT molecular complexity index is 280. The van der Waals surface area contributed by atoms with Crippen LogP contribution in [0.25, 0.3) is 0 Å². The molecule has 2 atom stereocenters. The summed E-state index contributed by atoms with van der Waals surface area (Å²) in [6.07, 6.45) is 0. The van der Waals surface area contributed by atoms with E-state index in [1.54, 1.807) is 0 Å². The second-order valence-corrected chi connectivity index (χ2v) is 3.01.